The Morgan fingerprint density at radius 2 is 1.57 bits per heavy atom. The van der Waals surface area contributed by atoms with Crippen molar-refractivity contribution in [1.82, 2.24) is 4.90 Å². The van der Waals surface area contributed by atoms with Crippen LogP contribution in [-0.2, 0) is 16.0 Å². The maximum Gasteiger partial charge on any atom is 0.227 e. The Bertz CT molecular complexity index is 2140. The molecular formula is C50H59NO7. The van der Waals surface area contributed by atoms with Crippen LogP contribution in [0, 0.1) is 33.5 Å². The summed E-state index contributed by atoms with van der Waals surface area (Å²) in [7, 11) is 3.19. The average Bonchev–Trinajstić information content (AvgIpc) is 3.85. The van der Waals surface area contributed by atoms with E-state index in [-0.39, 0.29) is 48.0 Å². The van der Waals surface area contributed by atoms with Gasteiger partial charge in [-0.15, -0.1) is 0 Å². The summed E-state index contributed by atoms with van der Waals surface area (Å²) in [6.45, 7) is 5.96. The molecule has 306 valence electrons. The third-order valence-electron chi connectivity index (χ3n) is 16.3. The fourth-order valence-electron chi connectivity index (χ4n) is 13.2. The Labute approximate surface area is 343 Å². The summed E-state index contributed by atoms with van der Waals surface area (Å²) in [6.07, 6.45) is 13.7. The van der Waals surface area contributed by atoms with Crippen molar-refractivity contribution in [2.24, 2.45) is 33.5 Å². The van der Waals surface area contributed by atoms with Crippen LogP contribution < -0.4 is 9.47 Å². The van der Waals surface area contributed by atoms with Gasteiger partial charge in [0.1, 0.15) is 0 Å². The van der Waals surface area contributed by atoms with Crippen molar-refractivity contribution in [3.8, 4) is 22.6 Å². The van der Waals surface area contributed by atoms with Gasteiger partial charge in [-0.3, -0.25) is 9.59 Å². The third kappa shape index (κ3) is 5.87. The Hall–Kier alpha value is -4.24. The molecular weight excluding hydrogens is 727 g/mol. The lowest BCUT2D eigenvalue weighted by atomic mass is 9.32. The summed E-state index contributed by atoms with van der Waals surface area (Å²) >= 11 is 0. The summed E-state index contributed by atoms with van der Waals surface area (Å²) in [6, 6.07) is 23.7. The number of aliphatic hydroxyl groups is 2. The standard InChI is InChI=1S/C50H59NO7/c1-46-21-18-35(52)29-48(46)24-25-50(39(30-48)45(54)38-15-9-8-14-37(38)34-11-6-5-7-12-34)42(46)19-22-47(2)43(50)20-23-49(47,55)32-51(31-36-13-10-26-58-36)44(53)28-33-16-17-40(56-3)41(27-33)57-4/h5-9,11-12,14-17,24-25,27,30,35-36,42-43,52,55H,10,13,18-23,26,28-29,31-32H2,1-4H3/t35?,36-,42-,43-,46-,47+,48+,49-,50-/m1/s1. The quantitative estimate of drug-likeness (QED) is 0.149. The maximum atomic E-state index is 15.6. The van der Waals surface area contributed by atoms with Crippen LogP contribution in [0.1, 0.15) is 87.6 Å². The topological polar surface area (TPSA) is 106 Å². The second-order valence-electron chi connectivity index (χ2n) is 18.8. The minimum absolute atomic E-state index is 0.0356. The first-order chi connectivity index (χ1) is 27.9. The highest BCUT2D eigenvalue weighted by atomic mass is 16.5. The van der Waals surface area contributed by atoms with Crippen molar-refractivity contribution in [2.75, 3.05) is 33.9 Å². The Balaban J connectivity index is 1.10. The van der Waals surface area contributed by atoms with E-state index >= 15 is 4.79 Å². The van der Waals surface area contributed by atoms with Crippen LogP contribution in [0.2, 0.25) is 0 Å². The van der Waals surface area contributed by atoms with Crippen LogP contribution in [0.4, 0.5) is 0 Å². The van der Waals surface area contributed by atoms with Gasteiger partial charge in [0.05, 0.1) is 45.0 Å². The first kappa shape index (κ1) is 39.2. The number of hydrogen-bond donors (Lipinski definition) is 2. The number of nitrogens with zero attached hydrogens (tertiary/aromatic N) is 1. The molecule has 6 aliphatic carbocycles. The molecule has 7 aliphatic rings. The number of aliphatic hydroxyl groups excluding tert-OH is 1. The van der Waals surface area contributed by atoms with E-state index in [1.165, 1.54) is 0 Å². The van der Waals surface area contributed by atoms with Crippen LogP contribution in [0.5, 0.6) is 11.5 Å². The molecule has 1 amide bonds. The lowest BCUT2D eigenvalue weighted by molar-refractivity contribution is -0.179. The summed E-state index contributed by atoms with van der Waals surface area (Å²) in [5.41, 5.74) is 1.28. The van der Waals surface area contributed by atoms with Gasteiger partial charge in [0, 0.05) is 40.5 Å². The number of carbonyl (C=O) groups is 2. The molecule has 1 heterocycles. The zero-order chi connectivity index (χ0) is 40.5. The van der Waals surface area contributed by atoms with Crippen molar-refractivity contribution in [2.45, 2.75) is 95.9 Å². The molecule has 8 heteroatoms. The largest absolute Gasteiger partial charge is 0.493 e. The zero-order valence-electron chi connectivity index (χ0n) is 34.5. The molecule has 4 fully saturated rings. The average molecular weight is 786 g/mol. The van der Waals surface area contributed by atoms with Crippen molar-refractivity contribution in [3.63, 3.8) is 0 Å². The third-order valence-corrected chi connectivity index (χ3v) is 16.3. The minimum Gasteiger partial charge on any atom is -0.493 e. The van der Waals surface area contributed by atoms with Gasteiger partial charge >= 0.3 is 0 Å². The summed E-state index contributed by atoms with van der Waals surface area (Å²) < 4.78 is 17.1. The molecule has 0 radical (unpaired) electrons. The number of benzene rings is 3. The molecule has 58 heavy (non-hydrogen) atoms. The smallest absolute Gasteiger partial charge is 0.227 e. The maximum absolute atomic E-state index is 15.6. The van der Waals surface area contributed by atoms with Crippen molar-refractivity contribution in [1.29, 1.82) is 0 Å². The number of methoxy groups -OCH3 is 2. The number of Topliss-reactive ketones (excluding diaryl/α,β-unsaturated/α-hetero) is 1. The molecule has 3 saturated carbocycles. The monoisotopic (exact) mass is 785 g/mol. The van der Waals surface area contributed by atoms with E-state index in [1.807, 2.05) is 65.6 Å². The molecule has 8 nitrogen and oxygen atoms in total. The van der Waals surface area contributed by atoms with Crippen LogP contribution >= 0.6 is 0 Å². The first-order valence-electron chi connectivity index (χ1n) is 21.5. The fourth-order valence-corrected chi connectivity index (χ4v) is 13.2. The first-order valence-corrected chi connectivity index (χ1v) is 21.5. The molecule has 1 saturated heterocycles. The van der Waals surface area contributed by atoms with Crippen molar-refractivity contribution in [3.05, 3.63) is 108 Å². The van der Waals surface area contributed by atoms with Crippen LogP contribution in [0.25, 0.3) is 11.1 Å². The second-order valence-corrected chi connectivity index (χ2v) is 18.8. The van der Waals surface area contributed by atoms with Crippen molar-refractivity contribution < 1.29 is 34.0 Å². The van der Waals surface area contributed by atoms with E-state index < -0.39 is 27.9 Å². The minimum atomic E-state index is -1.19. The molecule has 9 atom stereocenters. The number of allylic oxidation sites excluding steroid dienone is 4. The van der Waals surface area contributed by atoms with Crippen molar-refractivity contribution >= 4 is 11.7 Å². The molecule has 10 rings (SSSR count). The number of fused-ring (bicyclic) bond motifs is 1. The normalized spacial score (nSPS) is 35.7. The molecule has 3 aromatic rings. The lowest BCUT2D eigenvalue weighted by Crippen LogP contribution is -2.67. The Morgan fingerprint density at radius 3 is 2.33 bits per heavy atom. The van der Waals surface area contributed by atoms with Gasteiger partial charge in [0.25, 0.3) is 0 Å². The van der Waals surface area contributed by atoms with Gasteiger partial charge in [0.15, 0.2) is 17.3 Å². The van der Waals surface area contributed by atoms with Gasteiger partial charge in [-0.25, -0.2) is 0 Å². The van der Waals surface area contributed by atoms with Crippen LogP contribution in [-0.4, -0.2) is 78.5 Å². The number of hydrogen-bond acceptors (Lipinski definition) is 7. The molecule has 0 aromatic heterocycles. The summed E-state index contributed by atoms with van der Waals surface area (Å²) in [5, 5.41) is 24.5. The molecule has 2 bridgehead atoms. The highest BCUT2D eigenvalue weighted by molar-refractivity contribution is 6.14. The summed E-state index contributed by atoms with van der Waals surface area (Å²) in [5.74, 6) is 1.29. The number of carbonyl (C=O) groups excluding carboxylic acids is 2. The van der Waals surface area contributed by atoms with Gasteiger partial charge in [-0.1, -0.05) is 92.7 Å². The summed E-state index contributed by atoms with van der Waals surface area (Å²) in [4.78, 5) is 31.9. The van der Waals surface area contributed by atoms with Gasteiger partial charge in [-0.05, 0) is 104 Å². The molecule has 3 aromatic carbocycles. The van der Waals surface area contributed by atoms with Gasteiger partial charge in [-0.2, -0.15) is 0 Å². The van der Waals surface area contributed by atoms with E-state index in [1.54, 1.807) is 14.2 Å². The van der Waals surface area contributed by atoms with E-state index in [0.717, 1.165) is 67.2 Å². The van der Waals surface area contributed by atoms with Crippen LogP contribution in [0.15, 0.2) is 96.6 Å². The van der Waals surface area contributed by atoms with Crippen LogP contribution in [0.3, 0.4) is 0 Å². The molecule has 2 N–H and O–H groups in total. The van der Waals surface area contributed by atoms with E-state index in [9.17, 15) is 15.0 Å². The molecule has 2 spiro atoms. The molecule has 1 aliphatic heterocycles. The Morgan fingerprint density at radius 1 is 0.845 bits per heavy atom. The number of ether oxygens (including phenoxy) is 3. The zero-order valence-corrected chi connectivity index (χ0v) is 34.5. The number of rotatable bonds is 11. The lowest BCUT2D eigenvalue weighted by Gasteiger charge is -2.71. The number of amides is 1. The second kappa shape index (κ2) is 14.5. The highest BCUT2D eigenvalue weighted by Gasteiger charge is 2.74. The van der Waals surface area contributed by atoms with Gasteiger partial charge < -0.3 is 29.3 Å². The van der Waals surface area contributed by atoms with Gasteiger partial charge in [0.2, 0.25) is 5.91 Å². The molecule has 1 unspecified atom stereocenters. The fraction of sp³-hybridized carbons (Fsp3) is 0.520. The number of ketones is 1. The van der Waals surface area contributed by atoms with E-state index in [4.69, 9.17) is 14.2 Å². The van der Waals surface area contributed by atoms with E-state index in [2.05, 4.69) is 44.2 Å². The predicted octanol–water partition coefficient (Wildman–Crippen LogP) is 8.39. The Kier molecular flexibility index (Phi) is 9.80. The predicted molar refractivity (Wildman–Crippen MR) is 224 cm³/mol. The van der Waals surface area contributed by atoms with E-state index in [0.29, 0.717) is 43.1 Å². The highest BCUT2D eigenvalue weighted by Crippen LogP contribution is 2.78. The SMILES string of the molecule is COc1ccc(CC(=O)N(C[C@H]2CCCO2)C[C@]2(O)CC[C@H]3[C@]45C=C[C@@]6(C=C4C(=O)c4ccccc4-c4ccccc4)CC(O)CC[C@]6(C)[C@H]5CC[C@@]32C)cc1OC.